The molecule has 2 aliphatic carbocycles. The molecule has 2 saturated carbocycles. The summed E-state index contributed by atoms with van der Waals surface area (Å²) < 4.78 is 12.1. The molecule has 0 amide bonds. The largest absolute Gasteiger partial charge is 0.396 e. The van der Waals surface area contributed by atoms with Crippen molar-refractivity contribution in [1.82, 2.24) is 0 Å². The molecule has 0 spiro atoms. The van der Waals surface area contributed by atoms with E-state index in [0.29, 0.717) is 5.92 Å². The van der Waals surface area contributed by atoms with Crippen LogP contribution in [0.3, 0.4) is 0 Å². The highest BCUT2D eigenvalue weighted by Gasteiger charge is 2.77. The van der Waals surface area contributed by atoms with E-state index in [-0.39, 0.29) is 16.2 Å². The van der Waals surface area contributed by atoms with E-state index in [0.717, 1.165) is 18.9 Å². The Kier molecular flexibility index (Phi) is 3.98. The fraction of sp³-hybridized carbons (Fsp3) is 1.00. The lowest BCUT2D eigenvalue weighted by Gasteiger charge is -2.53. The molecule has 2 fully saturated rings. The number of rotatable bonds is 4. The van der Waals surface area contributed by atoms with Gasteiger partial charge in [0.1, 0.15) is 5.22 Å². The molecule has 0 radical (unpaired) electrons. The van der Waals surface area contributed by atoms with Crippen LogP contribution in [0.25, 0.3) is 0 Å². The fourth-order valence-electron chi connectivity index (χ4n) is 5.26. The van der Waals surface area contributed by atoms with E-state index in [9.17, 15) is 5.11 Å². The van der Waals surface area contributed by atoms with Crippen molar-refractivity contribution in [3.63, 3.8) is 0 Å². The first kappa shape index (κ1) is 17.5. The number of aliphatic hydroxyl groups is 1. The van der Waals surface area contributed by atoms with Gasteiger partial charge in [-0.1, -0.05) is 41.5 Å². The summed E-state index contributed by atoms with van der Waals surface area (Å²) in [6, 6.07) is 0.821. The third-order valence-electron chi connectivity index (χ3n) is 6.94. The Morgan fingerprint density at radius 1 is 1.14 bits per heavy atom. The van der Waals surface area contributed by atoms with Gasteiger partial charge in [-0.15, -0.1) is 0 Å². The van der Waals surface area contributed by atoms with Gasteiger partial charge >= 0.3 is 8.56 Å². The van der Waals surface area contributed by atoms with E-state index in [4.69, 9.17) is 8.85 Å². The van der Waals surface area contributed by atoms with Crippen LogP contribution in [0, 0.1) is 22.2 Å². The molecular formula is C17H34O3Si. The van der Waals surface area contributed by atoms with Crippen LogP contribution in [-0.2, 0) is 8.85 Å². The van der Waals surface area contributed by atoms with Gasteiger partial charge in [-0.05, 0) is 42.1 Å². The van der Waals surface area contributed by atoms with Crippen LogP contribution in [-0.4, -0.2) is 33.1 Å². The number of hydrogen-bond acceptors (Lipinski definition) is 3. The monoisotopic (exact) mass is 314 g/mol. The normalized spacial score (nSPS) is 39.0. The number of hydrogen-bond donors (Lipinski definition) is 1. The summed E-state index contributed by atoms with van der Waals surface area (Å²) in [5.41, 5.74) is 0.111. The standard InChI is InChI=1S/C17H34O3Si/c1-14(2,3)12-21(19-7,20-8)17(18)11-13-9-10-16(17,6)15(13,4)5/h13,18H,9-12H2,1-8H3. The van der Waals surface area contributed by atoms with Crippen molar-refractivity contribution in [2.45, 2.75) is 72.1 Å². The molecule has 0 aromatic rings. The Balaban J connectivity index is 2.51. The molecule has 21 heavy (non-hydrogen) atoms. The van der Waals surface area contributed by atoms with Crippen molar-refractivity contribution in [3.8, 4) is 0 Å². The predicted octanol–water partition coefficient (Wildman–Crippen LogP) is 3.88. The second-order valence-electron chi connectivity index (χ2n) is 9.25. The lowest BCUT2D eigenvalue weighted by atomic mass is 9.69. The molecule has 2 aliphatic rings. The molecule has 2 rings (SSSR count). The summed E-state index contributed by atoms with van der Waals surface area (Å²) in [6.07, 6.45) is 3.13. The van der Waals surface area contributed by atoms with Gasteiger partial charge in [-0.3, -0.25) is 0 Å². The molecule has 0 heterocycles. The molecule has 0 saturated heterocycles. The molecule has 2 bridgehead atoms. The topological polar surface area (TPSA) is 38.7 Å². The van der Waals surface area contributed by atoms with E-state index in [1.165, 1.54) is 6.42 Å². The Morgan fingerprint density at radius 2 is 1.67 bits per heavy atom. The van der Waals surface area contributed by atoms with Gasteiger partial charge in [0.2, 0.25) is 0 Å². The minimum atomic E-state index is -2.73. The van der Waals surface area contributed by atoms with E-state index in [1.54, 1.807) is 14.2 Å². The highest BCUT2D eigenvalue weighted by molar-refractivity contribution is 6.71. The van der Waals surface area contributed by atoms with Gasteiger partial charge in [0, 0.05) is 19.6 Å². The summed E-state index contributed by atoms with van der Waals surface area (Å²) in [7, 11) is 0.747. The summed E-state index contributed by atoms with van der Waals surface area (Å²) in [5, 5.41) is 11.1. The van der Waals surface area contributed by atoms with E-state index >= 15 is 0 Å². The van der Waals surface area contributed by atoms with Gasteiger partial charge in [-0.2, -0.15) is 0 Å². The van der Waals surface area contributed by atoms with Crippen LogP contribution < -0.4 is 0 Å². The minimum Gasteiger partial charge on any atom is -0.396 e. The maximum atomic E-state index is 11.9. The first-order valence-electron chi connectivity index (χ1n) is 8.22. The summed E-state index contributed by atoms with van der Waals surface area (Å²) in [4.78, 5) is 0. The van der Waals surface area contributed by atoms with Crippen molar-refractivity contribution in [2.75, 3.05) is 14.2 Å². The first-order chi connectivity index (χ1) is 9.39. The zero-order valence-corrected chi connectivity index (χ0v) is 16.2. The van der Waals surface area contributed by atoms with Crippen molar-refractivity contribution in [3.05, 3.63) is 0 Å². The maximum Gasteiger partial charge on any atom is 0.371 e. The Bertz CT molecular complexity index is 411. The van der Waals surface area contributed by atoms with Crippen LogP contribution in [0.15, 0.2) is 0 Å². The highest BCUT2D eigenvalue weighted by Crippen LogP contribution is 2.72. The Labute approximate surface area is 131 Å². The highest BCUT2D eigenvalue weighted by atomic mass is 28.4. The molecule has 124 valence electrons. The zero-order valence-electron chi connectivity index (χ0n) is 15.2. The van der Waals surface area contributed by atoms with Gasteiger partial charge < -0.3 is 14.0 Å². The van der Waals surface area contributed by atoms with Gasteiger partial charge in [0.15, 0.2) is 0 Å². The Morgan fingerprint density at radius 3 is 1.95 bits per heavy atom. The molecule has 0 aliphatic heterocycles. The smallest absolute Gasteiger partial charge is 0.371 e. The van der Waals surface area contributed by atoms with E-state index in [2.05, 4.69) is 41.5 Å². The van der Waals surface area contributed by atoms with Crippen molar-refractivity contribution in [1.29, 1.82) is 0 Å². The fourth-order valence-corrected chi connectivity index (χ4v) is 9.93. The second kappa shape index (κ2) is 4.79. The van der Waals surface area contributed by atoms with E-state index < -0.39 is 13.8 Å². The first-order valence-corrected chi connectivity index (χ1v) is 10.2. The molecule has 3 unspecified atom stereocenters. The SMILES string of the molecule is CO[Si](CC(C)(C)C)(OC)C1(O)CC2CCC1(C)C2(C)C. The van der Waals surface area contributed by atoms with Crippen molar-refractivity contribution in [2.24, 2.45) is 22.2 Å². The molecule has 0 aromatic carbocycles. The average molecular weight is 315 g/mol. The molecular weight excluding hydrogens is 280 g/mol. The molecule has 0 aromatic heterocycles. The van der Waals surface area contributed by atoms with Crippen molar-refractivity contribution >= 4 is 8.56 Å². The summed E-state index contributed by atoms with van der Waals surface area (Å²) in [6.45, 7) is 13.5. The van der Waals surface area contributed by atoms with Gasteiger partial charge in [0.25, 0.3) is 0 Å². The molecule has 3 atom stereocenters. The van der Waals surface area contributed by atoms with Crippen LogP contribution in [0.1, 0.15) is 60.8 Å². The number of fused-ring (bicyclic) bond motifs is 2. The Hall–Kier alpha value is 0.0969. The van der Waals surface area contributed by atoms with Crippen LogP contribution in [0.5, 0.6) is 0 Å². The predicted molar refractivity (Wildman–Crippen MR) is 88.2 cm³/mol. The molecule has 4 heteroatoms. The molecule has 3 nitrogen and oxygen atoms in total. The summed E-state index contributed by atoms with van der Waals surface area (Å²) in [5.74, 6) is 0.574. The van der Waals surface area contributed by atoms with Crippen molar-refractivity contribution < 1.29 is 14.0 Å². The molecule has 1 N–H and O–H groups in total. The third-order valence-corrected chi connectivity index (χ3v) is 11.8. The average Bonchev–Trinajstić information content (AvgIpc) is 2.67. The van der Waals surface area contributed by atoms with Gasteiger partial charge in [-0.25, -0.2) is 0 Å². The van der Waals surface area contributed by atoms with E-state index in [1.807, 2.05) is 0 Å². The third kappa shape index (κ3) is 2.09. The lowest BCUT2D eigenvalue weighted by Crippen LogP contribution is -2.69. The minimum absolute atomic E-state index is 0.0797. The lowest BCUT2D eigenvalue weighted by molar-refractivity contribution is -0.0664. The van der Waals surface area contributed by atoms with Crippen LogP contribution in [0.4, 0.5) is 0 Å². The summed E-state index contributed by atoms with van der Waals surface area (Å²) >= 11 is 0. The van der Waals surface area contributed by atoms with Crippen LogP contribution in [0.2, 0.25) is 6.04 Å². The quantitative estimate of drug-likeness (QED) is 0.800. The zero-order chi connectivity index (χ0) is 16.3. The van der Waals surface area contributed by atoms with Crippen LogP contribution >= 0.6 is 0 Å². The maximum absolute atomic E-state index is 11.9. The second-order valence-corrected chi connectivity index (χ2v) is 12.8. The van der Waals surface area contributed by atoms with Gasteiger partial charge in [0.05, 0.1) is 0 Å².